The number of hydrogen-bond acceptors (Lipinski definition) is 5. The van der Waals surface area contributed by atoms with Crippen LogP contribution >= 0.6 is 11.8 Å². The van der Waals surface area contributed by atoms with Gasteiger partial charge in [-0.05, 0) is 55.3 Å². The van der Waals surface area contributed by atoms with Crippen LogP contribution in [0.25, 0.3) is 0 Å². The molecule has 8 heteroatoms. The lowest BCUT2D eigenvalue weighted by Crippen LogP contribution is -2.34. The zero-order valence-corrected chi connectivity index (χ0v) is 17.9. The van der Waals surface area contributed by atoms with Crippen molar-refractivity contribution in [2.45, 2.75) is 17.7 Å². The van der Waals surface area contributed by atoms with Gasteiger partial charge in [0.15, 0.2) is 0 Å². The van der Waals surface area contributed by atoms with E-state index in [-0.39, 0.29) is 17.6 Å². The summed E-state index contributed by atoms with van der Waals surface area (Å²) < 4.78 is 5.10. The van der Waals surface area contributed by atoms with Gasteiger partial charge in [0, 0.05) is 16.3 Å². The van der Waals surface area contributed by atoms with Crippen LogP contribution in [0.2, 0.25) is 0 Å². The maximum Gasteiger partial charge on any atom is 0.307 e. The smallest absolute Gasteiger partial charge is 0.307 e. The van der Waals surface area contributed by atoms with E-state index in [9.17, 15) is 19.5 Å². The predicted molar refractivity (Wildman–Crippen MR) is 120 cm³/mol. The number of nitrogens with one attached hydrogen (secondary N) is 2. The Kier molecular flexibility index (Phi) is 7.72. The van der Waals surface area contributed by atoms with Crippen molar-refractivity contribution >= 4 is 40.9 Å². The summed E-state index contributed by atoms with van der Waals surface area (Å²) in [4.78, 5) is 37.1. The average Bonchev–Trinajstić information content (AvgIpc) is 2.78. The summed E-state index contributed by atoms with van der Waals surface area (Å²) in [5, 5.41) is 15.0. The molecule has 0 aliphatic heterocycles. The summed E-state index contributed by atoms with van der Waals surface area (Å²) in [5.41, 5.74) is 1.26. The standard InChI is InChI=1S/C23H24N2O5S/c1-30-17-11-9-15(10-12-17)24-21(26)14-31-18-6-4-5-16(13-18)25-22(27)19-7-2-3-8-20(19)23(28)29/h2-6,9-13,19-20H,7-8,14H2,1H3,(H,24,26)(H,25,27)(H,28,29). The minimum Gasteiger partial charge on any atom is -0.497 e. The number of carboxylic acid groups (broad SMARTS) is 1. The summed E-state index contributed by atoms with van der Waals surface area (Å²) in [7, 11) is 1.58. The van der Waals surface area contributed by atoms with E-state index in [1.165, 1.54) is 11.8 Å². The van der Waals surface area contributed by atoms with Gasteiger partial charge in [0.25, 0.3) is 0 Å². The number of allylic oxidation sites excluding steroid dienone is 2. The van der Waals surface area contributed by atoms with E-state index in [1.54, 1.807) is 55.7 Å². The predicted octanol–water partition coefficient (Wildman–Crippen LogP) is 4.03. The molecule has 0 fully saturated rings. The molecule has 3 N–H and O–H groups in total. The lowest BCUT2D eigenvalue weighted by molar-refractivity contribution is -0.146. The molecule has 0 heterocycles. The molecule has 1 aliphatic rings. The third kappa shape index (κ3) is 6.36. The Labute approximate surface area is 184 Å². The van der Waals surface area contributed by atoms with Crippen molar-refractivity contribution in [3.05, 3.63) is 60.7 Å². The van der Waals surface area contributed by atoms with Crippen molar-refractivity contribution in [2.24, 2.45) is 11.8 Å². The highest BCUT2D eigenvalue weighted by atomic mass is 32.2. The second kappa shape index (κ2) is 10.7. The fourth-order valence-corrected chi connectivity index (χ4v) is 4.05. The van der Waals surface area contributed by atoms with E-state index in [1.807, 2.05) is 12.1 Å². The molecule has 0 radical (unpaired) electrons. The molecule has 2 unspecified atom stereocenters. The van der Waals surface area contributed by atoms with Crippen LogP contribution in [0.15, 0.2) is 65.6 Å². The van der Waals surface area contributed by atoms with Gasteiger partial charge in [0.1, 0.15) is 5.75 Å². The number of rotatable bonds is 8. The van der Waals surface area contributed by atoms with E-state index >= 15 is 0 Å². The molecule has 31 heavy (non-hydrogen) atoms. The number of benzene rings is 2. The second-order valence-electron chi connectivity index (χ2n) is 7.08. The summed E-state index contributed by atoms with van der Waals surface area (Å²) in [5.74, 6) is -1.82. The minimum atomic E-state index is -0.961. The fourth-order valence-electron chi connectivity index (χ4n) is 3.30. The number of carboxylic acids is 1. The monoisotopic (exact) mass is 440 g/mol. The van der Waals surface area contributed by atoms with Gasteiger partial charge < -0.3 is 20.5 Å². The first-order valence-electron chi connectivity index (χ1n) is 9.81. The van der Waals surface area contributed by atoms with Crippen molar-refractivity contribution in [2.75, 3.05) is 23.5 Å². The first-order valence-corrected chi connectivity index (χ1v) is 10.8. The Morgan fingerprint density at radius 2 is 1.71 bits per heavy atom. The number of hydrogen-bond donors (Lipinski definition) is 3. The van der Waals surface area contributed by atoms with Crippen molar-refractivity contribution in [1.82, 2.24) is 0 Å². The Morgan fingerprint density at radius 3 is 2.39 bits per heavy atom. The molecule has 0 saturated heterocycles. The topological polar surface area (TPSA) is 105 Å². The van der Waals surface area contributed by atoms with Gasteiger partial charge >= 0.3 is 5.97 Å². The van der Waals surface area contributed by atoms with E-state index < -0.39 is 17.8 Å². The number of carbonyl (C=O) groups is 3. The number of methoxy groups -OCH3 is 1. The maximum atomic E-state index is 12.6. The number of anilines is 2. The SMILES string of the molecule is COc1ccc(NC(=O)CSc2cccc(NC(=O)C3CC=CCC3C(=O)O)c2)cc1. The number of amides is 2. The van der Waals surface area contributed by atoms with Crippen molar-refractivity contribution in [3.8, 4) is 5.75 Å². The first kappa shape index (κ1) is 22.4. The zero-order valence-electron chi connectivity index (χ0n) is 17.0. The van der Waals surface area contributed by atoms with Gasteiger partial charge in [0.05, 0.1) is 24.7 Å². The molecule has 2 aromatic rings. The van der Waals surface area contributed by atoms with Crippen LogP contribution in [-0.2, 0) is 14.4 Å². The van der Waals surface area contributed by atoms with E-state index in [0.29, 0.717) is 30.0 Å². The lowest BCUT2D eigenvalue weighted by atomic mass is 9.82. The Hall–Kier alpha value is -3.26. The lowest BCUT2D eigenvalue weighted by Gasteiger charge is -2.24. The normalized spacial score (nSPS) is 17.6. The van der Waals surface area contributed by atoms with E-state index in [0.717, 1.165) is 4.90 Å². The molecule has 7 nitrogen and oxygen atoms in total. The summed E-state index contributed by atoms with van der Waals surface area (Å²) >= 11 is 1.34. The summed E-state index contributed by atoms with van der Waals surface area (Å²) in [6.07, 6.45) is 4.41. The van der Waals surface area contributed by atoms with Crippen LogP contribution in [0.3, 0.4) is 0 Å². The van der Waals surface area contributed by atoms with Crippen LogP contribution in [0.1, 0.15) is 12.8 Å². The molecular formula is C23H24N2O5S. The van der Waals surface area contributed by atoms with Gasteiger partial charge in [0.2, 0.25) is 11.8 Å². The zero-order chi connectivity index (χ0) is 22.2. The number of ether oxygens (including phenoxy) is 1. The van der Waals surface area contributed by atoms with Crippen LogP contribution < -0.4 is 15.4 Å². The summed E-state index contributed by atoms with van der Waals surface area (Å²) in [6, 6.07) is 14.2. The quantitative estimate of drug-likeness (QED) is 0.423. The molecule has 0 spiro atoms. The number of carbonyl (C=O) groups excluding carboxylic acids is 2. The molecule has 2 aromatic carbocycles. The molecule has 0 aromatic heterocycles. The van der Waals surface area contributed by atoms with Gasteiger partial charge in [-0.2, -0.15) is 0 Å². The van der Waals surface area contributed by atoms with Crippen LogP contribution in [-0.4, -0.2) is 35.8 Å². The highest BCUT2D eigenvalue weighted by Crippen LogP contribution is 2.28. The highest BCUT2D eigenvalue weighted by Gasteiger charge is 2.33. The maximum absolute atomic E-state index is 12.6. The molecule has 162 valence electrons. The van der Waals surface area contributed by atoms with Gasteiger partial charge in [-0.25, -0.2) is 0 Å². The molecule has 0 bridgehead atoms. The number of aliphatic carboxylic acids is 1. The Balaban J connectivity index is 1.54. The molecule has 3 rings (SSSR count). The van der Waals surface area contributed by atoms with E-state index in [4.69, 9.17) is 4.74 Å². The molecule has 0 saturated carbocycles. The molecule has 2 atom stereocenters. The third-order valence-electron chi connectivity index (χ3n) is 4.93. The largest absolute Gasteiger partial charge is 0.497 e. The fraction of sp³-hybridized carbons (Fsp3) is 0.261. The Morgan fingerprint density at radius 1 is 1.00 bits per heavy atom. The first-order chi connectivity index (χ1) is 15.0. The van der Waals surface area contributed by atoms with E-state index in [2.05, 4.69) is 10.6 Å². The Bertz CT molecular complexity index is 974. The van der Waals surface area contributed by atoms with Crippen molar-refractivity contribution in [3.63, 3.8) is 0 Å². The molecular weight excluding hydrogens is 416 g/mol. The molecule has 2 amide bonds. The van der Waals surface area contributed by atoms with Gasteiger partial charge in [-0.1, -0.05) is 18.2 Å². The van der Waals surface area contributed by atoms with Crippen LogP contribution in [0.4, 0.5) is 11.4 Å². The average molecular weight is 441 g/mol. The summed E-state index contributed by atoms with van der Waals surface area (Å²) in [6.45, 7) is 0. The van der Waals surface area contributed by atoms with Crippen molar-refractivity contribution < 1.29 is 24.2 Å². The van der Waals surface area contributed by atoms with Gasteiger partial charge in [-0.3, -0.25) is 14.4 Å². The van der Waals surface area contributed by atoms with Crippen LogP contribution in [0, 0.1) is 11.8 Å². The minimum absolute atomic E-state index is 0.150. The van der Waals surface area contributed by atoms with Gasteiger partial charge in [-0.15, -0.1) is 11.8 Å². The van der Waals surface area contributed by atoms with Crippen molar-refractivity contribution in [1.29, 1.82) is 0 Å². The molecule has 1 aliphatic carbocycles. The number of thioether (sulfide) groups is 1. The highest BCUT2D eigenvalue weighted by molar-refractivity contribution is 8.00. The van der Waals surface area contributed by atoms with Crippen LogP contribution in [0.5, 0.6) is 5.75 Å². The third-order valence-corrected chi connectivity index (χ3v) is 5.93. The second-order valence-corrected chi connectivity index (χ2v) is 8.13.